The highest BCUT2D eigenvalue weighted by Crippen LogP contribution is 2.31. The Hall–Kier alpha value is -2.78. The van der Waals surface area contributed by atoms with Gasteiger partial charge in [0.25, 0.3) is 0 Å². The van der Waals surface area contributed by atoms with E-state index in [1.165, 1.54) is 0 Å². The Morgan fingerprint density at radius 3 is 2.87 bits per heavy atom. The third-order valence-electron chi connectivity index (χ3n) is 3.59. The molecule has 0 aliphatic rings. The molecule has 1 atom stereocenters. The Labute approximate surface area is 136 Å². The van der Waals surface area contributed by atoms with Crippen LogP contribution >= 0.6 is 0 Å². The number of ether oxygens (including phenoxy) is 1. The fourth-order valence-electron chi connectivity index (χ4n) is 2.38. The zero-order valence-corrected chi connectivity index (χ0v) is 13.5. The fraction of sp³-hybridized carbons (Fsp3) is 0.118. The SMILES string of the molecule is COc1cc(NS(=O)c2cccc(C#N)c2)c2[nH]cc(C)c2c1. The zero-order valence-electron chi connectivity index (χ0n) is 12.7. The van der Waals surface area contributed by atoms with E-state index in [1.54, 1.807) is 37.4 Å². The lowest BCUT2D eigenvalue weighted by molar-refractivity contribution is 0.415. The summed E-state index contributed by atoms with van der Waals surface area (Å²) in [5.41, 5.74) is 3.12. The van der Waals surface area contributed by atoms with Crippen LogP contribution in [0, 0.1) is 18.3 Å². The number of hydrogen-bond donors (Lipinski definition) is 2. The molecule has 3 aromatic rings. The first-order valence-corrected chi connectivity index (χ1v) is 8.11. The summed E-state index contributed by atoms with van der Waals surface area (Å²) in [4.78, 5) is 3.73. The quantitative estimate of drug-likeness (QED) is 0.771. The van der Waals surface area contributed by atoms with Gasteiger partial charge in [-0.2, -0.15) is 5.26 Å². The molecule has 1 heterocycles. The van der Waals surface area contributed by atoms with Crippen LogP contribution in [0.5, 0.6) is 5.75 Å². The minimum Gasteiger partial charge on any atom is -0.497 e. The maximum Gasteiger partial charge on any atom is 0.150 e. The normalized spacial score (nSPS) is 11.9. The van der Waals surface area contributed by atoms with E-state index in [-0.39, 0.29) is 0 Å². The highest BCUT2D eigenvalue weighted by molar-refractivity contribution is 7.86. The number of aromatic amines is 1. The lowest BCUT2D eigenvalue weighted by Crippen LogP contribution is -2.05. The van der Waals surface area contributed by atoms with Crippen LogP contribution in [-0.4, -0.2) is 16.3 Å². The van der Waals surface area contributed by atoms with E-state index < -0.39 is 11.0 Å². The average molecular weight is 325 g/mol. The second kappa shape index (κ2) is 6.15. The minimum atomic E-state index is -1.48. The van der Waals surface area contributed by atoms with Crippen LogP contribution in [0.1, 0.15) is 11.1 Å². The van der Waals surface area contributed by atoms with Crippen LogP contribution in [0.25, 0.3) is 10.9 Å². The monoisotopic (exact) mass is 325 g/mol. The van der Waals surface area contributed by atoms with Crippen LogP contribution < -0.4 is 9.46 Å². The van der Waals surface area contributed by atoms with Crippen molar-refractivity contribution in [3.05, 3.63) is 53.7 Å². The Morgan fingerprint density at radius 2 is 2.13 bits per heavy atom. The number of aryl methyl sites for hydroxylation is 1. The molecule has 0 aliphatic carbocycles. The van der Waals surface area contributed by atoms with Gasteiger partial charge in [-0.05, 0) is 36.8 Å². The Morgan fingerprint density at radius 1 is 1.30 bits per heavy atom. The van der Waals surface area contributed by atoms with Crippen LogP contribution in [0.3, 0.4) is 0 Å². The molecule has 1 aromatic heterocycles. The molecular weight excluding hydrogens is 310 g/mol. The molecule has 0 aliphatic heterocycles. The number of H-pyrrole nitrogens is 1. The van der Waals surface area contributed by atoms with Gasteiger partial charge in [-0.15, -0.1) is 0 Å². The van der Waals surface area contributed by atoms with E-state index in [9.17, 15) is 4.21 Å². The molecule has 5 nitrogen and oxygen atoms in total. The van der Waals surface area contributed by atoms with Crippen molar-refractivity contribution in [2.24, 2.45) is 0 Å². The number of aromatic nitrogens is 1. The lowest BCUT2D eigenvalue weighted by atomic mass is 10.1. The van der Waals surface area contributed by atoms with Crippen molar-refractivity contribution in [3.63, 3.8) is 0 Å². The first kappa shape index (κ1) is 15.1. The predicted octanol–water partition coefficient (Wildman–Crippen LogP) is 3.49. The second-order valence-corrected chi connectivity index (χ2v) is 6.29. The predicted molar refractivity (Wildman–Crippen MR) is 90.8 cm³/mol. The summed E-state index contributed by atoms with van der Waals surface area (Å²) in [6.07, 6.45) is 1.90. The van der Waals surface area contributed by atoms with Crippen molar-refractivity contribution in [1.82, 2.24) is 4.98 Å². The molecule has 0 amide bonds. The summed E-state index contributed by atoms with van der Waals surface area (Å²) < 4.78 is 20.9. The van der Waals surface area contributed by atoms with E-state index in [0.29, 0.717) is 21.9 Å². The Balaban J connectivity index is 2.00. The smallest absolute Gasteiger partial charge is 0.150 e. The average Bonchev–Trinajstić information content (AvgIpc) is 2.96. The largest absolute Gasteiger partial charge is 0.497 e. The molecule has 0 fully saturated rings. The molecular formula is C17H15N3O2S. The molecule has 1 unspecified atom stereocenters. The van der Waals surface area contributed by atoms with Crippen LogP contribution in [0.4, 0.5) is 5.69 Å². The molecule has 116 valence electrons. The molecule has 0 bridgehead atoms. The zero-order chi connectivity index (χ0) is 16.4. The third kappa shape index (κ3) is 2.91. The Kier molecular flexibility index (Phi) is 4.04. The van der Waals surface area contributed by atoms with Crippen molar-refractivity contribution in [2.75, 3.05) is 11.8 Å². The molecule has 2 aromatic carbocycles. The molecule has 2 N–H and O–H groups in total. The van der Waals surface area contributed by atoms with Gasteiger partial charge in [0.05, 0.1) is 34.8 Å². The van der Waals surface area contributed by atoms with Gasteiger partial charge in [0.1, 0.15) is 16.7 Å². The summed E-state index contributed by atoms with van der Waals surface area (Å²) >= 11 is 0. The number of benzene rings is 2. The van der Waals surface area contributed by atoms with Crippen LogP contribution in [-0.2, 0) is 11.0 Å². The number of nitrogens with zero attached hydrogens (tertiary/aromatic N) is 1. The van der Waals surface area contributed by atoms with Gasteiger partial charge in [-0.1, -0.05) is 6.07 Å². The summed E-state index contributed by atoms with van der Waals surface area (Å²) in [6.45, 7) is 2.00. The van der Waals surface area contributed by atoms with Crippen molar-refractivity contribution in [3.8, 4) is 11.8 Å². The number of nitriles is 1. The van der Waals surface area contributed by atoms with Crippen molar-refractivity contribution < 1.29 is 8.95 Å². The van der Waals surface area contributed by atoms with Gasteiger partial charge in [0.15, 0.2) is 0 Å². The maximum absolute atomic E-state index is 12.6. The topological polar surface area (TPSA) is 77.9 Å². The number of rotatable bonds is 4. The van der Waals surface area contributed by atoms with Crippen LogP contribution in [0.15, 0.2) is 47.5 Å². The van der Waals surface area contributed by atoms with Gasteiger partial charge < -0.3 is 9.72 Å². The molecule has 23 heavy (non-hydrogen) atoms. The van der Waals surface area contributed by atoms with Gasteiger partial charge in [0, 0.05) is 17.6 Å². The van der Waals surface area contributed by atoms with E-state index in [4.69, 9.17) is 10.00 Å². The standard InChI is InChI=1S/C17H15N3O2S/c1-11-10-19-17-15(11)7-13(22-2)8-16(17)20-23(21)14-5-3-4-12(6-14)9-18/h3-8,10,19-20H,1-2H3. The van der Waals surface area contributed by atoms with Crippen molar-refractivity contribution in [1.29, 1.82) is 5.26 Å². The summed E-state index contributed by atoms with van der Waals surface area (Å²) in [7, 11) is 0.118. The Bertz CT molecular complexity index is 941. The van der Waals surface area contributed by atoms with E-state index in [0.717, 1.165) is 16.5 Å². The van der Waals surface area contributed by atoms with E-state index in [2.05, 4.69) is 9.71 Å². The molecule has 3 rings (SSSR count). The maximum atomic E-state index is 12.6. The summed E-state index contributed by atoms with van der Waals surface area (Å²) in [5.74, 6) is 0.686. The van der Waals surface area contributed by atoms with Gasteiger partial charge in [0.2, 0.25) is 0 Å². The first-order chi connectivity index (χ1) is 11.1. The second-order valence-electron chi connectivity index (χ2n) is 5.08. The highest BCUT2D eigenvalue weighted by Gasteiger charge is 2.12. The van der Waals surface area contributed by atoms with E-state index >= 15 is 0 Å². The fourth-order valence-corrected chi connectivity index (χ4v) is 3.29. The highest BCUT2D eigenvalue weighted by atomic mass is 32.2. The summed E-state index contributed by atoms with van der Waals surface area (Å²) in [6, 6.07) is 12.5. The van der Waals surface area contributed by atoms with Crippen molar-refractivity contribution >= 4 is 27.6 Å². The van der Waals surface area contributed by atoms with Gasteiger partial charge in [-0.3, -0.25) is 4.72 Å². The minimum absolute atomic E-state index is 0.476. The molecule has 6 heteroatoms. The number of fused-ring (bicyclic) bond motifs is 1. The van der Waals surface area contributed by atoms with E-state index in [1.807, 2.05) is 25.3 Å². The number of nitrogens with one attached hydrogen (secondary N) is 2. The van der Waals surface area contributed by atoms with Gasteiger partial charge >= 0.3 is 0 Å². The van der Waals surface area contributed by atoms with Crippen LogP contribution in [0.2, 0.25) is 0 Å². The summed E-state index contributed by atoms with van der Waals surface area (Å²) in [5, 5.41) is 9.96. The first-order valence-electron chi connectivity index (χ1n) is 6.96. The number of hydrogen-bond acceptors (Lipinski definition) is 3. The third-order valence-corrected chi connectivity index (χ3v) is 4.67. The molecule has 0 spiro atoms. The number of anilines is 1. The molecule has 0 radical (unpaired) electrons. The number of methoxy groups -OCH3 is 1. The molecule has 0 saturated heterocycles. The van der Waals surface area contributed by atoms with Gasteiger partial charge in [-0.25, -0.2) is 4.21 Å². The lowest BCUT2D eigenvalue weighted by Gasteiger charge is -2.10. The molecule has 0 saturated carbocycles. The van der Waals surface area contributed by atoms with Crippen molar-refractivity contribution in [2.45, 2.75) is 11.8 Å².